The van der Waals surface area contributed by atoms with Gasteiger partial charge in [0.2, 0.25) is 0 Å². The van der Waals surface area contributed by atoms with Gasteiger partial charge in [0.25, 0.3) is 0 Å². The standard InChI is InChI=1S/C12H22N2O/c1-14-6-4-10(8-14)13-11-5-7-15-12(11)9-2-3-9/h9-13H,2-8H2,1H3. The van der Waals surface area contributed by atoms with E-state index in [9.17, 15) is 0 Å². The van der Waals surface area contributed by atoms with Gasteiger partial charge in [-0.2, -0.15) is 0 Å². The number of nitrogens with zero attached hydrogens (tertiary/aromatic N) is 1. The van der Waals surface area contributed by atoms with Crippen molar-refractivity contribution < 1.29 is 4.74 Å². The maximum atomic E-state index is 5.85. The second-order valence-electron chi connectivity index (χ2n) is 5.48. The number of hydrogen-bond acceptors (Lipinski definition) is 3. The third kappa shape index (κ3) is 2.19. The molecular formula is C12H22N2O. The number of nitrogens with one attached hydrogen (secondary N) is 1. The third-order valence-electron chi connectivity index (χ3n) is 4.06. The summed E-state index contributed by atoms with van der Waals surface area (Å²) in [6.45, 7) is 3.44. The van der Waals surface area contributed by atoms with Crippen molar-refractivity contribution in [2.24, 2.45) is 5.92 Å². The van der Waals surface area contributed by atoms with Gasteiger partial charge in [0.15, 0.2) is 0 Å². The fourth-order valence-corrected chi connectivity index (χ4v) is 3.05. The Morgan fingerprint density at radius 1 is 1.20 bits per heavy atom. The topological polar surface area (TPSA) is 24.5 Å². The lowest BCUT2D eigenvalue weighted by Crippen LogP contribution is -2.44. The van der Waals surface area contributed by atoms with E-state index in [1.807, 2.05) is 0 Å². The molecule has 15 heavy (non-hydrogen) atoms. The number of hydrogen-bond donors (Lipinski definition) is 1. The lowest BCUT2D eigenvalue weighted by Gasteiger charge is -2.23. The predicted octanol–water partition coefficient (Wildman–Crippen LogP) is 0.848. The molecule has 0 amide bonds. The van der Waals surface area contributed by atoms with Crippen molar-refractivity contribution in [3.63, 3.8) is 0 Å². The van der Waals surface area contributed by atoms with Gasteiger partial charge in [0, 0.05) is 25.2 Å². The first-order valence-electron chi connectivity index (χ1n) is 6.39. The highest BCUT2D eigenvalue weighted by Crippen LogP contribution is 2.39. The maximum Gasteiger partial charge on any atom is 0.0757 e. The molecule has 3 atom stereocenters. The Kier molecular flexibility index (Phi) is 2.71. The summed E-state index contributed by atoms with van der Waals surface area (Å²) in [5, 5.41) is 3.81. The van der Waals surface area contributed by atoms with Crippen LogP contribution in [0.3, 0.4) is 0 Å². The molecule has 2 heterocycles. The van der Waals surface area contributed by atoms with Crippen LogP contribution in [0.4, 0.5) is 0 Å². The minimum Gasteiger partial charge on any atom is -0.376 e. The second-order valence-corrected chi connectivity index (χ2v) is 5.48. The second kappa shape index (κ2) is 4.04. The minimum absolute atomic E-state index is 0.538. The van der Waals surface area contributed by atoms with Crippen molar-refractivity contribution in [1.29, 1.82) is 0 Å². The molecule has 3 fully saturated rings. The van der Waals surface area contributed by atoms with Crippen LogP contribution in [0.5, 0.6) is 0 Å². The highest BCUT2D eigenvalue weighted by Gasteiger charge is 2.41. The molecule has 0 radical (unpaired) electrons. The van der Waals surface area contributed by atoms with E-state index in [2.05, 4.69) is 17.3 Å². The van der Waals surface area contributed by atoms with E-state index in [4.69, 9.17) is 4.74 Å². The summed E-state index contributed by atoms with van der Waals surface area (Å²) < 4.78 is 5.85. The SMILES string of the molecule is CN1CCC(NC2CCOC2C2CC2)C1. The number of ether oxygens (including phenoxy) is 1. The van der Waals surface area contributed by atoms with Gasteiger partial charge in [-0.3, -0.25) is 0 Å². The summed E-state index contributed by atoms with van der Waals surface area (Å²) in [5.41, 5.74) is 0. The maximum absolute atomic E-state index is 5.85. The Morgan fingerprint density at radius 3 is 2.73 bits per heavy atom. The molecule has 1 N–H and O–H groups in total. The average molecular weight is 210 g/mol. The van der Waals surface area contributed by atoms with Gasteiger partial charge in [-0.25, -0.2) is 0 Å². The molecule has 0 spiro atoms. The Morgan fingerprint density at radius 2 is 2.07 bits per heavy atom. The summed E-state index contributed by atoms with van der Waals surface area (Å²) in [6.07, 6.45) is 5.86. The molecule has 3 nitrogen and oxygen atoms in total. The first-order chi connectivity index (χ1) is 7.33. The van der Waals surface area contributed by atoms with E-state index in [0.717, 1.165) is 12.5 Å². The van der Waals surface area contributed by atoms with Gasteiger partial charge in [-0.1, -0.05) is 0 Å². The fraction of sp³-hybridized carbons (Fsp3) is 1.00. The lowest BCUT2D eigenvalue weighted by atomic mass is 10.0. The smallest absolute Gasteiger partial charge is 0.0757 e. The molecule has 0 aromatic carbocycles. The molecule has 2 saturated heterocycles. The number of likely N-dealkylation sites (N-methyl/N-ethyl adjacent to an activating group) is 1. The first-order valence-corrected chi connectivity index (χ1v) is 6.39. The van der Waals surface area contributed by atoms with E-state index in [-0.39, 0.29) is 0 Å². The third-order valence-corrected chi connectivity index (χ3v) is 4.06. The summed E-state index contributed by atoms with van der Waals surface area (Å²) in [4.78, 5) is 2.42. The fourth-order valence-electron chi connectivity index (χ4n) is 3.05. The molecular weight excluding hydrogens is 188 g/mol. The van der Waals surface area contributed by atoms with E-state index in [0.29, 0.717) is 18.2 Å². The Bertz CT molecular complexity index is 230. The van der Waals surface area contributed by atoms with Crippen molar-refractivity contribution in [3.05, 3.63) is 0 Å². The highest BCUT2D eigenvalue weighted by atomic mass is 16.5. The van der Waals surface area contributed by atoms with Crippen LogP contribution >= 0.6 is 0 Å². The van der Waals surface area contributed by atoms with Crippen molar-refractivity contribution in [2.45, 2.75) is 43.9 Å². The Hall–Kier alpha value is -0.120. The van der Waals surface area contributed by atoms with Gasteiger partial charge in [0.05, 0.1) is 6.10 Å². The van der Waals surface area contributed by atoms with Crippen LogP contribution in [-0.4, -0.2) is 49.8 Å². The number of rotatable bonds is 3. The molecule has 1 aliphatic carbocycles. The zero-order valence-corrected chi connectivity index (χ0v) is 9.61. The van der Waals surface area contributed by atoms with Gasteiger partial charge in [-0.05, 0) is 45.2 Å². The predicted molar refractivity (Wildman–Crippen MR) is 59.9 cm³/mol. The van der Waals surface area contributed by atoms with Crippen LogP contribution in [-0.2, 0) is 4.74 Å². The zero-order chi connectivity index (χ0) is 10.3. The van der Waals surface area contributed by atoms with E-state index in [1.54, 1.807) is 0 Å². The van der Waals surface area contributed by atoms with Crippen LogP contribution in [0.1, 0.15) is 25.7 Å². The summed E-state index contributed by atoms with van der Waals surface area (Å²) >= 11 is 0. The lowest BCUT2D eigenvalue weighted by molar-refractivity contribution is 0.0791. The minimum atomic E-state index is 0.538. The summed E-state index contributed by atoms with van der Waals surface area (Å²) in [5.74, 6) is 0.879. The Labute approximate surface area is 92.2 Å². The molecule has 0 aromatic rings. The largest absolute Gasteiger partial charge is 0.376 e. The van der Waals surface area contributed by atoms with Crippen molar-refractivity contribution in [3.8, 4) is 0 Å². The van der Waals surface area contributed by atoms with Gasteiger partial charge >= 0.3 is 0 Å². The molecule has 2 aliphatic heterocycles. The van der Waals surface area contributed by atoms with Crippen LogP contribution in [0, 0.1) is 5.92 Å². The summed E-state index contributed by atoms with van der Waals surface area (Å²) in [7, 11) is 2.21. The highest BCUT2D eigenvalue weighted by molar-refractivity contribution is 4.95. The van der Waals surface area contributed by atoms with E-state index in [1.165, 1.54) is 38.8 Å². The quantitative estimate of drug-likeness (QED) is 0.747. The number of likely N-dealkylation sites (tertiary alicyclic amines) is 1. The van der Waals surface area contributed by atoms with Gasteiger partial charge in [-0.15, -0.1) is 0 Å². The van der Waals surface area contributed by atoms with Crippen molar-refractivity contribution in [2.75, 3.05) is 26.7 Å². The molecule has 1 saturated carbocycles. The van der Waals surface area contributed by atoms with Gasteiger partial charge in [0.1, 0.15) is 0 Å². The van der Waals surface area contributed by atoms with Crippen molar-refractivity contribution in [1.82, 2.24) is 10.2 Å². The molecule has 3 heteroatoms. The molecule has 3 unspecified atom stereocenters. The molecule has 3 rings (SSSR count). The zero-order valence-electron chi connectivity index (χ0n) is 9.61. The molecule has 3 aliphatic rings. The normalized spacial score (nSPS) is 42.6. The summed E-state index contributed by atoms with van der Waals surface area (Å²) in [6, 6.07) is 1.36. The van der Waals surface area contributed by atoms with Crippen LogP contribution in [0.25, 0.3) is 0 Å². The van der Waals surface area contributed by atoms with Crippen LogP contribution in [0.15, 0.2) is 0 Å². The Balaban J connectivity index is 1.53. The molecule has 0 bridgehead atoms. The van der Waals surface area contributed by atoms with E-state index >= 15 is 0 Å². The average Bonchev–Trinajstić information content (AvgIpc) is 2.83. The van der Waals surface area contributed by atoms with Crippen molar-refractivity contribution >= 4 is 0 Å². The first kappa shape index (κ1) is 10.1. The van der Waals surface area contributed by atoms with Crippen LogP contribution < -0.4 is 5.32 Å². The van der Waals surface area contributed by atoms with Crippen LogP contribution in [0.2, 0.25) is 0 Å². The molecule has 0 aromatic heterocycles. The van der Waals surface area contributed by atoms with Gasteiger partial charge < -0.3 is 15.0 Å². The monoisotopic (exact) mass is 210 g/mol. The molecule has 86 valence electrons. The van der Waals surface area contributed by atoms with E-state index < -0.39 is 0 Å².